The van der Waals surface area contributed by atoms with Gasteiger partial charge in [-0.15, -0.1) is 0 Å². The van der Waals surface area contributed by atoms with Crippen molar-refractivity contribution in [3.63, 3.8) is 0 Å². The number of nitrogens with two attached hydrogens (primary N) is 2. The topological polar surface area (TPSA) is 252 Å². The van der Waals surface area contributed by atoms with E-state index in [1.807, 2.05) is 11.0 Å². The molecule has 0 amide bonds. The summed E-state index contributed by atoms with van der Waals surface area (Å²) in [6.45, 7) is 3.29. The number of benzene rings is 2. The predicted molar refractivity (Wildman–Crippen MR) is 154 cm³/mol. The molecule has 0 spiro atoms. The molecule has 0 bridgehead atoms. The zero-order valence-corrected chi connectivity index (χ0v) is 24.7. The van der Waals surface area contributed by atoms with Gasteiger partial charge in [-0.1, -0.05) is 12.1 Å². The van der Waals surface area contributed by atoms with Crippen LogP contribution in [0.25, 0.3) is 0 Å². The van der Waals surface area contributed by atoms with Gasteiger partial charge < -0.3 is 45.5 Å². The van der Waals surface area contributed by atoms with Gasteiger partial charge in [0.15, 0.2) is 23.7 Å². The molecule has 3 rings (SSSR count). The molecule has 1 heterocycles. The SMILES string of the molecule is COc1ccc(CN2CCN(Cc3ccc(C(=O)OC(=O)C(O)C(O)C(=O)ON=C(N)N)cc3[N+](=O)[O-])CC2)c(OC)c1OC. The maximum atomic E-state index is 12.5. The lowest BCUT2D eigenvalue weighted by atomic mass is 10.1. The number of carbonyl (C=O) groups excluding carboxylic acids is 3. The van der Waals surface area contributed by atoms with Crippen molar-refractivity contribution < 1.29 is 53.3 Å². The molecular weight excluding hydrogens is 600 g/mol. The number of aliphatic hydroxyl groups is 2. The molecule has 2 aromatic carbocycles. The number of guanidine groups is 1. The highest BCUT2D eigenvalue weighted by Gasteiger charge is 2.35. The lowest BCUT2D eigenvalue weighted by molar-refractivity contribution is -0.385. The van der Waals surface area contributed by atoms with Crippen LogP contribution in [0.3, 0.4) is 0 Å². The van der Waals surface area contributed by atoms with E-state index in [1.165, 1.54) is 19.2 Å². The van der Waals surface area contributed by atoms with Crippen molar-refractivity contribution in [3.8, 4) is 17.2 Å². The fraction of sp³-hybridized carbons (Fsp3) is 0.407. The number of hydrogen-bond donors (Lipinski definition) is 4. The van der Waals surface area contributed by atoms with Crippen molar-refractivity contribution in [3.05, 3.63) is 57.1 Å². The minimum absolute atomic E-state index is 0.209. The van der Waals surface area contributed by atoms with Crippen molar-refractivity contribution in [2.45, 2.75) is 25.3 Å². The van der Waals surface area contributed by atoms with Crippen LogP contribution in [-0.2, 0) is 32.3 Å². The number of hydrogen-bond acceptors (Lipinski definition) is 15. The first-order valence-corrected chi connectivity index (χ1v) is 13.3. The Labute approximate surface area is 256 Å². The van der Waals surface area contributed by atoms with Crippen LogP contribution in [-0.4, -0.2) is 109 Å². The summed E-state index contributed by atoms with van der Waals surface area (Å²) in [5.41, 5.74) is 10.4. The lowest BCUT2D eigenvalue weighted by Crippen LogP contribution is -2.45. The summed E-state index contributed by atoms with van der Waals surface area (Å²) in [4.78, 5) is 55.7. The van der Waals surface area contributed by atoms with Crippen LogP contribution < -0.4 is 25.7 Å². The van der Waals surface area contributed by atoms with Crippen LogP contribution in [0.5, 0.6) is 17.2 Å². The van der Waals surface area contributed by atoms with Gasteiger partial charge in [-0.2, -0.15) is 0 Å². The Morgan fingerprint density at radius 2 is 1.44 bits per heavy atom. The molecule has 0 aliphatic carbocycles. The minimum atomic E-state index is -2.54. The van der Waals surface area contributed by atoms with E-state index in [0.29, 0.717) is 55.5 Å². The van der Waals surface area contributed by atoms with Gasteiger partial charge in [0.25, 0.3) is 5.69 Å². The number of nitro benzene ring substituents is 1. The summed E-state index contributed by atoms with van der Waals surface area (Å²) in [6.07, 6.45) is -5.04. The number of nitrogens with zero attached hydrogens (tertiary/aromatic N) is 4. The van der Waals surface area contributed by atoms with Crippen molar-refractivity contribution in [1.82, 2.24) is 9.80 Å². The van der Waals surface area contributed by atoms with Gasteiger partial charge in [-0.25, -0.2) is 14.4 Å². The highest BCUT2D eigenvalue weighted by molar-refractivity contribution is 5.99. The fourth-order valence-electron chi connectivity index (χ4n) is 4.49. The average molecular weight is 635 g/mol. The number of aliphatic hydroxyl groups excluding tert-OH is 2. The summed E-state index contributed by atoms with van der Waals surface area (Å²) in [5, 5.41) is 34.2. The molecule has 45 heavy (non-hydrogen) atoms. The summed E-state index contributed by atoms with van der Waals surface area (Å²) in [6, 6.07) is 7.22. The Morgan fingerprint density at radius 3 is 1.98 bits per heavy atom. The number of nitro groups is 1. The fourth-order valence-corrected chi connectivity index (χ4v) is 4.49. The Hall–Kier alpha value is -5.04. The number of carbonyl (C=O) groups is 3. The molecule has 1 aliphatic heterocycles. The van der Waals surface area contributed by atoms with Crippen LogP contribution >= 0.6 is 0 Å². The van der Waals surface area contributed by atoms with Gasteiger partial charge in [0.2, 0.25) is 11.7 Å². The first-order chi connectivity index (χ1) is 21.4. The quantitative estimate of drug-likeness (QED) is 0.0395. The third kappa shape index (κ3) is 8.76. The van der Waals surface area contributed by atoms with Crippen molar-refractivity contribution >= 4 is 29.6 Å². The first-order valence-electron chi connectivity index (χ1n) is 13.3. The van der Waals surface area contributed by atoms with E-state index in [2.05, 4.69) is 19.6 Å². The van der Waals surface area contributed by atoms with Gasteiger partial charge in [0, 0.05) is 56.5 Å². The van der Waals surface area contributed by atoms with Crippen molar-refractivity contribution in [1.29, 1.82) is 0 Å². The van der Waals surface area contributed by atoms with E-state index in [4.69, 9.17) is 25.7 Å². The Kier molecular flexibility index (Phi) is 12.0. The van der Waals surface area contributed by atoms with Crippen LogP contribution in [0.15, 0.2) is 35.5 Å². The highest BCUT2D eigenvalue weighted by atomic mass is 16.7. The molecule has 1 aliphatic rings. The Balaban J connectivity index is 1.62. The zero-order valence-electron chi connectivity index (χ0n) is 24.7. The van der Waals surface area contributed by atoms with Crippen LogP contribution in [0.1, 0.15) is 21.5 Å². The normalized spacial score (nSPS) is 14.9. The average Bonchev–Trinajstić information content (AvgIpc) is 3.03. The number of oxime groups is 1. The molecule has 6 N–H and O–H groups in total. The minimum Gasteiger partial charge on any atom is -0.493 e. The number of methoxy groups -OCH3 is 3. The van der Waals surface area contributed by atoms with E-state index >= 15 is 0 Å². The summed E-state index contributed by atoms with van der Waals surface area (Å²) in [7, 11) is 4.63. The summed E-state index contributed by atoms with van der Waals surface area (Å²) in [5.74, 6) is -3.75. The van der Waals surface area contributed by atoms with Crippen LogP contribution in [0, 0.1) is 10.1 Å². The van der Waals surface area contributed by atoms with Crippen molar-refractivity contribution in [2.24, 2.45) is 16.6 Å². The second-order valence-electron chi connectivity index (χ2n) is 9.67. The van der Waals surface area contributed by atoms with Gasteiger partial charge in [-0.3, -0.25) is 19.9 Å². The number of rotatable bonds is 13. The molecule has 1 fully saturated rings. The highest BCUT2D eigenvalue weighted by Crippen LogP contribution is 2.40. The molecule has 18 heteroatoms. The monoisotopic (exact) mass is 634 g/mol. The Morgan fingerprint density at radius 1 is 0.889 bits per heavy atom. The van der Waals surface area contributed by atoms with Crippen molar-refractivity contribution in [2.75, 3.05) is 47.5 Å². The predicted octanol–water partition coefficient (Wildman–Crippen LogP) is -0.925. The molecule has 2 aromatic rings. The third-order valence-electron chi connectivity index (χ3n) is 6.77. The largest absolute Gasteiger partial charge is 0.493 e. The number of esters is 2. The first kappa shape index (κ1) is 34.5. The van der Waals surface area contributed by atoms with E-state index < -0.39 is 46.7 Å². The molecule has 244 valence electrons. The van der Waals surface area contributed by atoms with E-state index in [-0.39, 0.29) is 12.1 Å². The smallest absolute Gasteiger partial charge is 0.366 e. The van der Waals surface area contributed by atoms with Crippen LogP contribution in [0.4, 0.5) is 5.69 Å². The number of piperazine rings is 1. The molecule has 0 radical (unpaired) electrons. The molecule has 2 atom stereocenters. The second kappa shape index (κ2) is 15.6. The lowest BCUT2D eigenvalue weighted by Gasteiger charge is -2.35. The van der Waals surface area contributed by atoms with E-state index in [0.717, 1.165) is 11.6 Å². The van der Waals surface area contributed by atoms with E-state index in [1.54, 1.807) is 20.3 Å². The molecule has 0 saturated carbocycles. The summed E-state index contributed by atoms with van der Waals surface area (Å²) >= 11 is 0. The van der Waals surface area contributed by atoms with Gasteiger partial charge in [0.1, 0.15) is 0 Å². The molecule has 0 aromatic heterocycles. The maximum absolute atomic E-state index is 12.5. The molecule has 2 unspecified atom stereocenters. The molecule has 1 saturated heterocycles. The van der Waals surface area contributed by atoms with Crippen LogP contribution in [0.2, 0.25) is 0 Å². The standard InChI is InChI=1S/C27H34N6O12/c1-41-19-7-6-17(22(42-2)23(19)43-3)14-32-10-8-31(9-11-32)13-16-5-4-15(12-18(16)33(39)40)24(36)44-25(37)20(34)21(35)26(38)45-30-27(28)29/h4-7,12,20-21,34-35H,8-11,13-14H2,1-3H3,(H4,28,29,30). The molecular formula is C27H34N6O12. The van der Waals surface area contributed by atoms with Gasteiger partial charge in [0.05, 0.1) is 31.8 Å². The molecule has 18 nitrogen and oxygen atoms in total. The second-order valence-corrected chi connectivity index (χ2v) is 9.67. The van der Waals surface area contributed by atoms with E-state index in [9.17, 15) is 34.7 Å². The third-order valence-corrected chi connectivity index (χ3v) is 6.77. The number of ether oxygens (including phenoxy) is 4. The summed E-state index contributed by atoms with van der Waals surface area (Å²) < 4.78 is 20.9. The Bertz CT molecular complexity index is 1440. The van der Waals surface area contributed by atoms with Gasteiger partial charge >= 0.3 is 17.9 Å². The van der Waals surface area contributed by atoms with Gasteiger partial charge in [-0.05, 0) is 17.3 Å². The zero-order chi connectivity index (χ0) is 33.3. The maximum Gasteiger partial charge on any atom is 0.366 e.